The fraction of sp³-hybridized carbons (Fsp3) is 0.311. The number of hydrogen-bond donors (Lipinski definition) is 5. The summed E-state index contributed by atoms with van der Waals surface area (Å²) in [6.07, 6.45) is 0.773. The lowest BCUT2D eigenvalue weighted by atomic mass is 9.84. The zero-order chi connectivity index (χ0) is 48.6. The SMILES string of the molecule is CN(CCOP(=O)(O)O)CC[C@@H](CSc1ccccc1)Nc1ccc(S(=O)(=O)NC(=O)c2ccc(N3CCC([C@H](O)c4ccccc4-c4ccc(Cl)cc4)CC3)cc2)cc1S(=O)(=O)C(F)(F)F. The van der Waals surface area contributed by atoms with E-state index in [0.29, 0.717) is 37.0 Å². The van der Waals surface area contributed by atoms with Crippen molar-refractivity contribution in [3.8, 4) is 11.1 Å². The van der Waals surface area contributed by atoms with Crippen LogP contribution in [0.5, 0.6) is 0 Å². The van der Waals surface area contributed by atoms with E-state index in [4.69, 9.17) is 21.4 Å². The van der Waals surface area contributed by atoms with E-state index in [1.807, 2.05) is 41.1 Å². The highest BCUT2D eigenvalue weighted by Gasteiger charge is 2.48. The van der Waals surface area contributed by atoms with Crippen molar-refractivity contribution in [2.45, 2.75) is 51.6 Å². The van der Waals surface area contributed by atoms with Gasteiger partial charge in [-0.05, 0) is 122 Å². The molecule has 0 unspecified atom stereocenters. The molecule has 0 aliphatic carbocycles. The Bertz CT molecular complexity index is 2750. The molecule has 0 aromatic heterocycles. The number of phosphoric acid groups is 1. The van der Waals surface area contributed by atoms with Crippen LogP contribution in [0.1, 0.15) is 41.3 Å². The van der Waals surface area contributed by atoms with E-state index in [9.17, 15) is 44.5 Å². The molecule has 5 aromatic carbocycles. The van der Waals surface area contributed by atoms with Crippen LogP contribution in [0.3, 0.4) is 0 Å². The lowest BCUT2D eigenvalue weighted by molar-refractivity contribution is -0.0436. The van der Waals surface area contributed by atoms with Crippen molar-refractivity contribution >= 4 is 68.3 Å². The van der Waals surface area contributed by atoms with E-state index in [-0.39, 0.29) is 43.4 Å². The number of hydrogen-bond acceptors (Lipinski definition) is 12. The Morgan fingerprint density at radius 2 is 1.55 bits per heavy atom. The molecule has 1 aliphatic rings. The number of carbonyl (C=O) groups excluding carboxylic acids is 1. The van der Waals surface area contributed by atoms with Crippen LogP contribution >= 0.6 is 31.2 Å². The second kappa shape index (κ2) is 22.3. The van der Waals surface area contributed by atoms with Crippen molar-refractivity contribution < 1.29 is 58.8 Å². The van der Waals surface area contributed by atoms with Crippen LogP contribution < -0.4 is 14.9 Å². The van der Waals surface area contributed by atoms with Crippen molar-refractivity contribution in [3.63, 3.8) is 0 Å². The number of amides is 1. The number of alkyl halides is 3. The maximum atomic E-state index is 14.2. The Labute approximate surface area is 396 Å². The first kappa shape index (κ1) is 51.9. The van der Waals surface area contributed by atoms with E-state index in [0.717, 1.165) is 39.4 Å². The molecule has 0 spiro atoms. The van der Waals surface area contributed by atoms with Crippen molar-refractivity contribution in [1.29, 1.82) is 0 Å². The number of rotatable bonds is 20. The molecule has 2 atom stereocenters. The fourth-order valence-corrected chi connectivity index (χ4v) is 11.0. The lowest BCUT2D eigenvalue weighted by Gasteiger charge is -2.36. The highest BCUT2D eigenvalue weighted by Crippen LogP contribution is 2.39. The summed E-state index contributed by atoms with van der Waals surface area (Å²) in [5, 5.41) is 15.0. The minimum Gasteiger partial charge on any atom is -0.388 e. The molecule has 1 heterocycles. The van der Waals surface area contributed by atoms with Crippen LogP contribution in [0.25, 0.3) is 11.1 Å². The van der Waals surface area contributed by atoms with Crippen LogP contribution in [0.4, 0.5) is 24.5 Å². The van der Waals surface area contributed by atoms with Gasteiger partial charge in [0.05, 0.1) is 23.3 Å². The number of halogens is 4. The topological polar surface area (TPSA) is 203 Å². The summed E-state index contributed by atoms with van der Waals surface area (Å²) >= 11 is 7.41. The lowest BCUT2D eigenvalue weighted by Crippen LogP contribution is -2.36. The zero-order valence-corrected chi connectivity index (χ0v) is 40.0. The molecule has 0 bridgehead atoms. The largest absolute Gasteiger partial charge is 0.501 e. The van der Waals surface area contributed by atoms with Gasteiger partial charge in [0.15, 0.2) is 0 Å². The van der Waals surface area contributed by atoms with Gasteiger partial charge < -0.3 is 30.0 Å². The number of anilines is 2. The quantitative estimate of drug-likeness (QED) is 0.0368. The smallest absolute Gasteiger partial charge is 0.388 e. The molecule has 1 aliphatic heterocycles. The molecule has 22 heteroatoms. The number of carbonyl (C=O) groups is 1. The second-order valence-corrected chi connectivity index (χ2v) is 22.2. The summed E-state index contributed by atoms with van der Waals surface area (Å²) in [7, 11) is -14.2. The van der Waals surface area contributed by atoms with Crippen molar-refractivity contribution in [3.05, 3.63) is 137 Å². The number of nitrogens with one attached hydrogen (secondary N) is 2. The van der Waals surface area contributed by atoms with Gasteiger partial charge in [-0.3, -0.25) is 9.32 Å². The first-order valence-corrected chi connectivity index (χ1v) is 26.7. The minimum atomic E-state index is -6.16. The number of aliphatic hydroxyl groups is 1. The van der Waals surface area contributed by atoms with Gasteiger partial charge in [0.2, 0.25) is 0 Å². The molecule has 5 N–H and O–H groups in total. The molecule has 1 amide bonds. The summed E-state index contributed by atoms with van der Waals surface area (Å²) < 4.78 is 113. The van der Waals surface area contributed by atoms with Gasteiger partial charge >= 0.3 is 13.3 Å². The van der Waals surface area contributed by atoms with Crippen LogP contribution in [0.2, 0.25) is 5.02 Å². The molecule has 0 radical (unpaired) electrons. The number of thioether (sulfide) groups is 1. The molecular weight excluding hydrogens is 976 g/mol. The summed E-state index contributed by atoms with van der Waals surface area (Å²) in [6, 6.07) is 31.5. The Kier molecular flexibility index (Phi) is 17.3. The Hall–Kier alpha value is -4.47. The average molecular weight is 1030 g/mol. The fourth-order valence-electron chi connectivity index (χ4n) is 7.51. The molecule has 6 rings (SSSR count). The van der Waals surface area contributed by atoms with E-state index in [2.05, 4.69) is 14.7 Å². The van der Waals surface area contributed by atoms with Gasteiger partial charge in [0.1, 0.15) is 4.90 Å². The first-order valence-electron chi connectivity index (χ1n) is 20.8. The number of sulfonamides is 1. The number of benzene rings is 5. The summed E-state index contributed by atoms with van der Waals surface area (Å²) in [4.78, 5) is 33.5. The Balaban J connectivity index is 1.13. The van der Waals surface area contributed by atoms with Gasteiger partial charge in [-0.2, -0.15) is 13.2 Å². The minimum absolute atomic E-state index is 0.0407. The van der Waals surface area contributed by atoms with Gasteiger partial charge in [-0.25, -0.2) is 26.1 Å². The maximum Gasteiger partial charge on any atom is 0.501 e. The van der Waals surface area contributed by atoms with Gasteiger partial charge in [-0.15, -0.1) is 11.8 Å². The van der Waals surface area contributed by atoms with Crippen LogP contribution in [0.15, 0.2) is 136 Å². The summed E-state index contributed by atoms with van der Waals surface area (Å²) in [5.74, 6) is -0.941. The van der Waals surface area contributed by atoms with Crippen molar-refractivity contribution in [2.75, 3.05) is 55.8 Å². The highest BCUT2D eigenvalue weighted by atomic mass is 35.5. The molecule has 14 nitrogen and oxygen atoms in total. The summed E-state index contributed by atoms with van der Waals surface area (Å²) in [6.45, 7) is 1.15. The molecule has 1 saturated heterocycles. The number of sulfone groups is 1. The van der Waals surface area contributed by atoms with E-state index in [1.165, 1.54) is 23.9 Å². The van der Waals surface area contributed by atoms with Crippen LogP contribution in [-0.4, -0.2) is 99.7 Å². The number of phosphoric ester groups is 1. The molecular formula is C45H49ClF3N4O10PS3. The molecule has 1 fully saturated rings. The van der Waals surface area contributed by atoms with Gasteiger partial charge in [0.25, 0.3) is 25.8 Å². The number of piperidine rings is 1. The van der Waals surface area contributed by atoms with Crippen molar-refractivity contribution in [1.82, 2.24) is 9.62 Å². The van der Waals surface area contributed by atoms with E-state index >= 15 is 0 Å². The third-order valence-corrected chi connectivity index (χ3v) is 15.9. The van der Waals surface area contributed by atoms with Crippen molar-refractivity contribution in [2.24, 2.45) is 5.92 Å². The molecule has 0 saturated carbocycles. The Morgan fingerprint density at radius 3 is 2.19 bits per heavy atom. The third kappa shape index (κ3) is 14.1. The van der Waals surface area contributed by atoms with Crippen LogP contribution in [-0.2, 0) is 28.9 Å². The third-order valence-electron chi connectivity index (χ3n) is 11.1. The molecule has 5 aromatic rings. The predicted octanol–water partition coefficient (Wildman–Crippen LogP) is 8.37. The standard InChI is InChI=1S/C45H49ClF3N4O10PS3/c1-52(27-28-63-64(56,57)58)24-23-35(30-65-37-7-3-2-4-8-37)50-41-20-19-38(29-42(41)66(59,60)45(47,48)49)67(61,62)51-44(55)33-13-17-36(18-14-33)53-25-21-32(22-26-53)43(54)40-10-6-5-9-39(40)31-11-15-34(46)16-12-31/h2-20,29,32,35,43,50,54H,21-28,30H2,1H3,(H,51,55)(H2,56,57,58)/t35-,43-/m0/s1. The van der Waals surface area contributed by atoms with Gasteiger partial charge in [-0.1, -0.05) is 66.2 Å². The molecule has 360 valence electrons. The van der Waals surface area contributed by atoms with E-state index < -0.39 is 66.7 Å². The normalized spacial score (nSPS) is 15.0. The maximum absolute atomic E-state index is 14.2. The van der Waals surface area contributed by atoms with E-state index in [1.54, 1.807) is 66.5 Å². The van der Waals surface area contributed by atoms with Crippen LogP contribution in [0, 0.1) is 5.92 Å². The first-order chi connectivity index (χ1) is 31.6. The zero-order valence-electron chi connectivity index (χ0n) is 35.9. The number of likely N-dealkylation sites (N-methyl/N-ethyl adjacent to an activating group) is 1. The predicted molar refractivity (Wildman–Crippen MR) is 252 cm³/mol. The number of aliphatic hydroxyl groups excluding tert-OH is 1. The monoisotopic (exact) mass is 1020 g/mol. The highest BCUT2D eigenvalue weighted by molar-refractivity contribution is 7.99. The molecule has 67 heavy (non-hydrogen) atoms. The Morgan fingerprint density at radius 1 is 0.910 bits per heavy atom. The van der Waals surface area contributed by atoms with Gasteiger partial charge in [0, 0.05) is 52.6 Å². The average Bonchev–Trinajstić information content (AvgIpc) is 3.29. The second-order valence-electron chi connectivity index (χ2n) is 15.8. The summed E-state index contributed by atoms with van der Waals surface area (Å²) in [5.41, 5.74) is -3.06. The number of nitrogens with zero attached hydrogens (tertiary/aromatic N) is 2.